The molecule has 1 atom stereocenters. The lowest BCUT2D eigenvalue weighted by Gasteiger charge is -2.21. The second-order valence-corrected chi connectivity index (χ2v) is 7.15. The largest absolute Gasteiger partial charge is 0.384 e. The van der Waals surface area contributed by atoms with Gasteiger partial charge in [0.25, 0.3) is 0 Å². The molecule has 1 aromatic heterocycles. The molecule has 1 aromatic rings. The Kier molecular flexibility index (Phi) is 5.05. The molecule has 1 rings (SSSR count). The summed E-state index contributed by atoms with van der Waals surface area (Å²) in [6.07, 6.45) is 2.31. The fourth-order valence-corrected chi connectivity index (χ4v) is 2.54. The lowest BCUT2D eigenvalue weighted by Crippen LogP contribution is -2.21. The zero-order chi connectivity index (χ0) is 14.8. The Morgan fingerprint density at radius 1 is 1.21 bits per heavy atom. The molecule has 3 nitrogen and oxygen atoms in total. The molecule has 0 amide bonds. The molecule has 3 heteroatoms. The number of nitrogens with two attached hydrogens (primary N) is 1. The number of aromatic nitrogens is 2. The normalized spacial score (nSPS) is 14.1. The van der Waals surface area contributed by atoms with E-state index in [2.05, 4.69) is 53.0 Å². The monoisotopic (exact) mass is 265 g/mol. The molecule has 1 unspecified atom stereocenters. The second-order valence-electron chi connectivity index (χ2n) is 7.15. The first-order valence-electron chi connectivity index (χ1n) is 7.54. The molecule has 0 aliphatic rings. The van der Waals surface area contributed by atoms with E-state index in [0.717, 1.165) is 30.3 Å². The molecule has 1 heterocycles. The van der Waals surface area contributed by atoms with Crippen LogP contribution in [0.2, 0.25) is 0 Å². The molecule has 19 heavy (non-hydrogen) atoms. The van der Waals surface area contributed by atoms with Gasteiger partial charge in [0, 0.05) is 17.9 Å². The molecule has 110 valence electrons. The van der Waals surface area contributed by atoms with Gasteiger partial charge in [-0.3, -0.25) is 0 Å². The Labute approximate surface area is 118 Å². The van der Waals surface area contributed by atoms with Crippen LogP contribution in [0.5, 0.6) is 0 Å². The van der Waals surface area contributed by atoms with Crippen LogP contribution in [0, 0.1) is 5.92 Å². The van der Waals surface area contributed by atoms with Gasteiger partial charge in [-0.2, -0.15) is 0 Å². The van der Waals surface area contributed by atoms with Gasteiger partial charge in [-0.25, -0.2) is 4.98 Å². The standard InChI is InChI=1S/C16H31N3/c1-8-9-12(4)13-14(17)19(10-11(2)3)15(18-13)16(5,6)7/h11-12H,8-10,17H2,1-7H3. The van der Waals surface area contributed by atoms with Crippen molar-refractivity contribution in [2.24, 2.45) is 5.92 Å². The van der Waals surface area contributed by atoms with Gasteiger partial charge in [0.05, 0.1) is 5.69 Å². The van der Waals surface area contributed by atoms with Crippen LogP contribution in [0.4, 0.5) is 5.82 Å². The van der Waals surface area contributed by atoms with Crippen LogP contribution < -0.4 is 5.73 Å². The number of nitrogen functional groups attached to an aromatic ring is 1. The van der Waals surface area contributed by atoms with Crippen molar-refractivity contribution in [1.29, 1.82) is 0 Å². The third-order valence-corrected chi connectivity index (χ3v) is 3.44. The number of hydrogen-bond donors (Lipinski definition) is 1. The van der Waals surface area contributed by atoms with Crippen molar-refractivity contribution in [1.82, 2.24) is 9.55 Å². The molecular weight excluding hydrogens is 234 g/mol. The highest BCUT2D eigenvalue weighted by atomic mass is 15.2. The van der Waals surface area contributed by atoms with Crippen LogP contribution in [0.3, 0.4) is 0 Å². The van der Waals surface area contributed by atoms with E-state index in [-0.39, 0.29) is 5.41 Å². The number of hydrogen-bond acceptors (Lipinski definition) is 2. The highest BCUT2D eigenvalue weighted by Gasteiger charge is 2.26. The number of rotatable bonds is 5. The van der Waals surface area contributed by atoms with E-state index in [4.69, 9.17) is 10.7 Å². The van der Waals surface area contributed by atoms with E-state index in [1.54, 1.807) is 0 Å². The van der Waals surface area contributed by atoms with Crippen molar-refractivity contribution in [3.63, 3.8) is 0 Å². The topological polar surface area (TPSA) is 43.8 Å². The summed E-state index contributed by atoms with van der Waals surface area (Å²) in [6, 6.07) is 0. The quantitative estimate of drug-likeness (QED) is 0.861. The molecular formula is C16H31N3. The first-order valence-corrected chi connectivity index (χ1v) is 7.54. The maximum Gasteiger partial charge on any atom is 0.127 e. The summed E-state index contributed by atoms with van der Waals surface area (Å²) in [5.41, 5.74) is 7.51. The van der Waals surface area contributed by atoms with Crippen molar-refractivity contribution in [3.8, 4) is 0 Å². The molecule has 0 aromatic carbocycles. The average molecular weight is 265 g/mol. The number of anilines is 1. The predicted molar refractivity (Wildman–Crippen MR) is 83.5 cm³/mol. The van der Waals surface area contributed by atoms with Crippen LogP contribution in [0.1, 0.15) is 78.7 Å². The number of nitrogens with zero attached hydrogens (tertiary/aromatic N) is 2. The van der Waals surface area contributed by atoms with Crippen molar-refractivity contribution in [2.45, 2.75) is 79.2 Å². The molecule has 0 fully saturated rings. The van der Waals surface area contributed by atoms with E-state index in [9.17, 15) is 0 Å². The zero-order valence-corrected chi connectivity index (χ0v) is 13.7. The van der Waals surface area contributed by atoms with Gasteiger partial charge in [0.1, 0.15) is 11.6 Å². The average Bonchev–Trinajstić information content (AvgIpc) is 2.56. The maximum atomic E-state index is 6.38. The van der Waals surface area contributed by atoms with Gasteiger partial charge in [0.15, 0.2) is 0 Å². The second kappa shape index (κ2) is 5.98. The highest BCUT2D eigenvalue weighted by Crippen LogP contribution is 2.32. The van der Waals surface area contributed by atoms with Crippen molar-refractivity contribution in [3.05, 3.63) is 11.5 Å². The zero-order valence-electron chi connectivity index (χ0n) is 13.7. The van der Waals surface area contributed by atoms with E-state index in [1.807, 2.05) is 0 Å². The van der Waals surface area contributed by atoms with Gasteiger partial charge in [-0.15, -0.1) is 0 Å². The lowest BCUT2D eigenvalue weighted by molar-refractivity contribution is 0.454. The van der Waals surface area contributed by atoms with Crippen molar-refractivity contribution in [2.75, 3.05) is 5.73 Å². The van der Waals surface area contributed by atoms with Crippen LogP contribution in [0.15, 0.2) is 0 Å². The first-order chi connectivity index (χ1) is 8.68. The van der Waals surface area contributed by atoms with Gasteiger partial charge >= 0.3 is 0 Å². The summed E-state index contributed by atoms with van der Waals surface area (Å²) in [5.74, 6) is 3.02. The minimum atomic E-state index is 0.0349. The summed E-state index contributed by atoms with van der Waals surface area (Å²) >= 11 is 0. The number of imidazole rings is 1. The van der Waals surface area contributed by atoms with Crippen LogP contribution >= 0.6 is 0 Å². The summed E-state index contributed by atoms with van der Waals surface area (Å²) in [5, 5.41) is 0. The SMILES string of the molecule is CCCC(C)c1nc(C(C)(C)C)n(CC(C)C)c1N. The van der Waals surface area contributed by atoms with Gasteiger partial charge in [0.2, 0.25) is 0 Å². The molecule has 0 spiro atoms. The predicted octanol–water partition coefficient (Wildman–Crippen LogP) is 4.32. The maximum absolute atomic E-state index is 6.38. The van der Waals surface area contributed by atoms with Crippen LogP contribution in [0.25, 0.3) is 0 Å². The Hall–Kier alpha value is -0.990. The van der Waals surface area contributed by atoms with Crippen LogP contribution in [-0.4, -0.2) is 9.55 Å². The Balaban J connectivity index is 3.26. The van der Waals surface area contributed by atoms with E-state index < -0.39 is 0 Å². The minimum Gasteiger partial charge on any atom is -0.384 e. The molecule has 2 N–H and O–H groups in total. The third-order valence-electron chi connectivity index (χ3n) is 3.44. The Morgan fingerprint density at radius 2 is 1.79 bits per heavy atom. The first kappa shape index (κ1) is 16.1. The molecule has 0 saturated heterocycles. The molecule has 0 saturated carbocycles. The fourth-order valence-electron chi connectivity index (χ4n) is 2.54. The third kappa shape index (κ3) is 3.74. The Bertz CT molecular complexity index is 410. The van der Waals surface area contributed by atoms with E-state index in [1.165, 1.54) is 6.42 Å². The minimum absolute atomic E-state index is 0.0349. The summed E-state index contributed by atoms with van der Waals surface area (Å²) in [6.45, 7) is 16.5. The highest BCUT2D eigenvalue weighted by molar-refractivity contribution is 5.41. The summed E-state index contributed by atoms with van der Waals surface area (Å²) in [7, 11) is 0. The van der Waals surface area contributed by atoms with Gasteiger partial charge in [-0.1, -0.05) is 54.9 Å². The van der Waals surface area contributed by atoms with Gasteiger partial charge in [-0.05, 0) is 12.3 Å². The molecule has 0 radical (unpaired) electrons. The van der Waals surface area contributed by atoms with Crippen molar-refractivity contribution < 1.29 is 0 Å². The van der Waals surface area contributed by atoms with Crippen molar-refractivity contribution >= 4 is 5.82 Å². The summed E-state index contributed by atoms with van der Waals surface area (Å²) in [4.78, 5) is 4.89. The molecule has 0 bridgehead atoms. The van der Waals surface area contributed by atoms with E-state index in [0.29, 0.717) is 11.8 Å². The smallest absolute Gasteiger partial charge is 0.127 e. The Morgan fingerprint density at radius 3 is 2.21 bits per heavy atom. The molecule has 0 aliphatic carbocycles. The van der Waals surface area contributed by atoms with Crippen LogP contribution in [-0.2, 0) is 12.0 Å². The van der Waals surface area contributed by atoms with E-state index >= 15 is 0 Å². The summed E-state index contributed by atoms with van der Waals surface area (Å²) < 4.78 is 2.23. The molecule has 0 aliphatic heterocycles. The lowest BCUT2D eigenvalue weighted by atomic mass is 9.95. The van der Waals surface area contributed by atoms with Gasteiger partial charge < -0.3 is 10.3 Å². The fraction of sp³-hybridized carbons (Fsp3) is 0.812.